The fraction of sp³-hybridized carbons (Fsp3) is 0.0455. The lowest BCUT2D eigenvalue weighted by Crippen LogP contribution is -2.16. The molecule has 0 atom stereocenters. The summed E-state index contributed by atoms with van der Waals surface area (Å²) in [5.41, 5.74) is 2.27. The Balaban J connectivity index is 1.68. The summed E-state index contributed by atoms with van der Waals surface area (Å²) in [6, 6.07) is 21.6. The molecule has 0 aliphatic heterocycles. The normalized spacial score (nSPS) is 11.8. The highest BCUT2D eigenvalue weighted by Crippen LogP contribution is 2.40. The molecule has 11 heteroatoms. The van der Waals surface area contributed by atoms with Crippen molar-refractivity contribution in [3.05, 3.63) is 81.9 Å². The first kappa shape index (κ1) is 23.3. The van der Waals surface area contributed by atoms with E-state index < -0.39 is 10.0 Å². The number of hydrogen-bond donors (Lipinski definition) is 3. The van der Waals surface area contributed by atoms with Crippen LogP contribution in [0.2, 0.25) is 0 Å². The predicted octanol–water partition coefficient (Wildman–Crippen LogP) is 5.13. The predicted molar refractivity (Wildman–Crippen MR) is 140 cm³/mol. The molecule has 33 heavy (non-hydrogen) atoms. The van der Waals surface area contributed by atoms with Gasteiger partial charge in [-0.05, 0) is 70.7 Å². The SMILES string of the molecule is NS(=O)(=O)c1ccccc1NC(=S)N=Nc1c(O)n(Cc2ccccc2)c2ccc(I)cc12. The second-order valence-electron chi connectivity index (χ2n) is 7.08. The van der Waals surface area contributed by atoms with Crippen molar-refractivity contribution >= 4 is 72.2 Å². The average molecular weight is 591 g/mol. The first-order valence-electron chi connectivity index (χ1n) is 9.63. The van der Waals surface area contributed by atoms with Crippen LogP contribution in [0.3, 0.4) is 0 Å². The number of aromatic hydroxyl groups is 1. The smallest absolute Gasteiger partial charge is 0.240 e. The van der Waals surface area contributed by atoms with Crippen LogP contribution in [-0.2, 0) is 16.6 Å². The molecule has 8 nitrogen and oxygen atoms in total. The van der Waals surface area contributed by atoms with E-state index >= 15 is 0 Å². The van der Waals surface area contributed by atoms with Gasteiger partial charge >= 0.3 is 0 Å². The number of aromatic nitrogens is 1. The zero-order chi connectivity index (χ0) is 23.6. The molecular weight excluding hydrogens is 573 g/mol. The van der Waals surface area contributed by atoms with E-state index in [4.69, 9.17) is 17.4 Å². The summed E-state index contributed by atoms with van der Waals surface area (Å²) >= 11 is 7.41. The Morgan fingerprint density at radius 3 is 2.52 bits per heavy atom. The number of anilines is 1. The third-order valence-corrected chi connectivity index (χ3v) is 6.66. The van der Waals surface area contributed by atoms with Crippen molar-refractivity contribution in [2.45, 2.75) is 11.4 Å². The minimum atomic E-state index is -3.95. The lowest BCUT2D eigenvalue weighted by molar-refractivity contribution is 0.429. The lowest BCUT2D eigenvalue weighted by Gasteiger charge is -2.08. The van der Waals surface area contributed by atoms with Gasteiger partial charge in [-0.1, -0.05) is 42.5 Å². The fourth-order valence-corrected chi connectivity index (χ4v) is 4.71. The maximum Gasteiger partial charge on any atom is 0.240 e. The minimum absolute atomic E-state index is 0.0488. The van der Waals surface area contributed by atoms with Gasteiger partial charge in [0, 0.05) is 8.96 Å². The maximum atomic E-state index is 11.8. The highest BCUT2D eigenvalue weighted by Gasteiger charge is 2.18. The van der Waals surface area contributed by atoms with Gasteiger partial charge in [-0.2, -0.15) is 0 Å². The van der Waals surface area contributed by atoms with E-state index in [2.05, 4.69) is 38.1 Å². The maximum absolute atomic E-state index is 11.8. The van der Waals surface area contributed by atoms with Crippen LogP contribution >= 0.6 is 34.8 Å². The molecule has 0 saturated carbocycles. The molecule has 0 unspecified atom stereocenters. The Labute approximate surface area is 209 Å². The standard InChI is InChI=1S/C22H18IN5O3S2/c23-15-10-11-18-16(12-15)20(21(29)28(18)13-14-6-2-1-3-7-14)26-27-22(32)25-17-8-4-5-9-19(17)33(24,30)31/h1-12,29H,13H2,(H,25,32)(H2,24,30,31). The Morgan fingerprint density at radius 2 is 1.79 bits per heavy atom. The summed E-state index contributed by atoms with van der Waals surface area (Å²) in [6.45, 7) is 0.448. The van der Waals surface area contributed by atoms with Crippen LogP contribution in [0.5, 0.6) is 5.88 Å². The van der Waals surface area contributed by atoms with Gasteiger partial charge in [-0.15, -0.1) is 10.2 Å². The minimum Gasteiger partial charge on any atom is -0.493 e. The number of fused-ring (bicyclic) bond motifs is 1. The number of nitrogens with two attached hydrogens (primary N) is 1. The van der Waals surface area contributed by atoms with Gasteiger partial charge in [-0.25, -0.2) is 13.6 Å². The summed E-state index contributed by atoms with van der Waals surface area (Å²) in [4.78, 5) is -0.112. The van der Waals surface area contributed by atoms with Crippen molar-refractivity contribution in [1.82, 2.24) is 4.57 Å². The number of nitrogens with one attached hydrogen (secondary N) is 1. The molecule has 0 aliphatic rings. The molecule has 4 rings (SSSR count). The largest absolute Gasteiger partial charge is 0.493 e. The zero-order valence-electron chi connectivity index (χ0n) is 17.0. The van der Waals surface area contributed by atoms with E-state index in [-0.39, 0.29) is 27.3 Å². The number of sulfonamides is 1. The van der Waals surface area contributed by atoms with E-state index in [9.17, 15) is 13.5 Å². The number of para-hydroxylation sites is 1. The number of thiocarbonyl (C=S) groups is 1. The van der Waals surface area contributed by atoms with E-state index in [1.54, 1.807) is 16.7 Å². The molecule has 3 aromatic carbocycles. The Hall–Kier alpha value is -2.87. The van der Waals surface area contributed by atoms with Gasteiger partial charge in [0.1, 0.15) is 4.90 Å². The van der Waals surface area contributed by atoms with Crippen LogP contribution in [0.15, 0.2) is 87.9 Å². The molecule has 1 aromatic heterocycles. The molecule has 4 aromatic rings. The summed E-state index contributed by atoms with van der Waals surface area (Å²) in [5.74, 6) is -0.0488. The number of hydrogen-bond acceptors (Lipinski definition) is 5. The molecule has 0 bridgehead atoms. The third kappa shape index (κ3) is 5.21. The van der Waals surface area contributed by atoms with Crippen molar-refractivity contribution in [1.29, 1.82) is 0 Å². The number of azo groups is 1. The van der Waals surface area contributed by atoms with E-state index in [1.807, 2.05) is 48.5 Å². The van der Waals surface area contributed by atoms with Crippen molar-refractivity contribution in [2.24, 2.45) is 15.4 Å². The molecule has 0 saturated heterocycles. The van der Waals surface area contributed by atoms with Crippen LogP contribution in [0.1, 0.15) is 5.56 Å². The molecule has 4 N–H and O–H groups in total. The van der Waals surface area contributed by atoms with Gasteiger partial charge < -0.3 is 15.0 Å². The van der Waals surface area contributed by atoms with Gasteiger partial charge in [0.25, 0.3) is 0 Å². The summed E-state index contributed by atoms with van der Waals surface area (Å²) in [5, 5.41) is 27.8. The monoisotopic (exact) mass is 591 g/mol. The Morgan fingerprint density at radius 1 is 1.09 bits per heavy atom. The summed E-state index contributed by atoms with van der Waals surface area (Å²) in [7, 11) is -3.95. The number of primary sulfonamides is 1. The average Bonchev–Trinajstić information content (AvgIpc) is 3.03. The molecule has 1 heterocycles. The number of rotatable bonds is 5. The number of nitrogens with zero attached hydrogens (tertiary/aromatic N) is 3. The summed E-state index contributed by atoms with van der Waals surface area (Å²) < 4.78 is 26.3. The van der Waals surface area contributed by atoms with Crippen LogP contribution in [0, 0.1) is 3.57 Å². The molecule has 0 aliphatic carbocycles. The Kier molecular flexibility index (Phi) is 6.74. The molecule has 0 radical (unpaired) electrons. The van der Waals surface area contributed by atoms with Crippen LogP contribution in [-0.4, -0.2) is 23.2 Å². The van der Waals surface area contributed by atoms with Crippen molar-refractivity contribution in [3.63, 3.8) is 0 Å². The quantitative estimate of drug-likeness (QED) is 0.169. The van der Waals surface area contributed by atoms with Crippen molar-refractivity contribution < 1.29 is 13.5 Å². The first-order valence-corrected chi connectivity index (χ1v) is 12.7. The molecule has 0 fully saturated rings. The highest BCUT2D eigenvalue weighted by atomic mass is 127. The van der Waals surface area contributed by atoms with E-state index in [0.717, 1.165) is 14.7 Å². The van der Waals surface area contributed by atoms with Crippen LogP contribution < -0.4 is 10.5 Å². The topological polar surface area (TPSA) is 122 Å². The van der Waals surface area contributed by atoms with Gasteiger partial charge in [0.05, 0.1) is 17.7 Å². The second kappa shape index (κ2) is 9.55. The van der Waals surface area contributed by atoms with E-state index in [0.29, 0.717) is 11.9 Å². The van der Waals surface area contributed by atoms with Crippen molar-refractivity contribution in [2.75, 3.05) is 5.32 Å². The van der Waals surface area contributed by atoms with Gasteiger partial charge in [-0.3, -0.25) is 0 Å². The van der Waals surface area contributed by atoms with Crippen LogP contribution in [0.25, 0.3) is 10.9 Å². The first-order chi connectivity index (χ1) is 15.7. The second-order valence-corrected chi connectivity index (χ2v) is 10.2. The zero-order valence-corrected chi connectivity index (χ0v) is 20.8. The highest BCUT2D eigenvalue weighted by molar-refractivity contribution is 14.1. The van der Waals surface area contributed by atoms with Crippen molar-refractivity contribution in [3.8, 4) is 5.88 Å². The summed E-state index contributed by atoms with van der Waals surface area (Å²) in [6.07, 6.45) is 0. The lowest BCUT2D eigenvalue weighted by atomic mass is 10.2. The molecular formula is C22H18IN5O3S2. The molecule has 0 amide bonds. The van der Waals surface area contributed by atoms with Gasteiger partial charge in [0.15, 0.2) is 5.69 Å². The number of halogens is 1. The fourth-order valence-electron chi connectivity index (χ4n) is 3.37. The third-order valence-electron chi connectivity index (χ3n) is 4.83. The molecule has 0 spiro atoms. The van der Waals surface area contributed by atoms with Gasteiger partial charge in [0.2, 0.25) is 21.0 Å². The van der Waals surface area contributed by atoms with E-state index in [1.165, 1.54) is 12.1 Å². The molecule has 168 valence electrons. The van der Waals surface area contributed by atoms with Crippen LogP contribution in [0.4, 0.5) is 11.4 Å². The Bertz CT molecular complexity index is 1480. The number of benzene rings is 3.